The van der Waals surface area contributed by atoms with E-state index >= 15 is 0 Å². The normalized spacial score (nSPS) is 22.3. The van der Waals surface area contributed by atoms with Crippen LogP contribution in [0.4, 0.5) is 0 Å². The van der Waals surface area contributed by atoms with E-state index in [-0.39, 0.29) is 5.97 Å². The number of nitrogens with one attached hydrogen (secondary N) is 1. The van der Waals surface area contributed by atoms with Crippen molar-refractivity contribution in [1.82, 2.24) is 10.2 Å². The Morgan fingerprint density at radius 2 is 2.05 bits per heavy atom. The second-order valence-corrected chi connectivity index (χ2v) is 6.55. The molecule has 0 amide bonds. The van der Waals surface area contributed by atoms with E-state index in [4.69, 9.17) is 4.74 Å². The van der Waals surface area contributed by atoms with Crippen molar-refractivity contribution < 1.29 is 9.53 Å². The summed E-state index contributed by atoms with van der Waals surface area (Å²) in [6.45, 7) is 4.26. The quantitative estimate of drug-likeness (QED) is 0.647. The molecule has 0 saturated heterocycles. The summed E-state index contributed by atoms with van der Waals surface area (Å²) >= 11 is 0. The number of methoxy groups -OCH3 is 1. The molecule has 2 fully saturated rings. The van der Waals surface area contributed by atoms with Crippen molar-refractivity contribution in [2.75, 3.05) is 27.2 Å². The first-order valence-corrected chi connectivity index (χ1v) is 7.58. The molecule has 0 heterocycles. The largest absolute Gasteiger partial charge is 0.468 e. The maximum Gasteiger partial charge on any atom is 0.325 e. The zero-order valence-corrected chi connectivity index (χ0v) is 12.6. The Bertz CT molecular complexity index is 313. The maximum atomic E-state index is 12.0. The van der Waals surface area contributed by atoms with Crippen LogP contribution in [-0.2, 0) is 9.53 Å². The van der Waals surface area contributed by atoms with Gasteiger partial charge in [-0.15, -0.1) is 0 Å². The third-order valence-corrected chi connectivity index (χ3v) is 4.22. The molecule has 1 N–H and O–H groups in total. The van der Waals surface area contributed by atoms with E-state index in [1.807, 2.05) is 6.92 Å². The molecule has 19 heavy (non-hydrogen) atoms. The lowest BCUT2D eigenvalue weighted by molar-refractivity contribution is -0.148. The van der Waals surface area contributed by atoms with Crippen molar-refractivity contribution in [2.45, 2.75) is 57.0 Å². The van der Waals surface area contributed by atoms with Crippen LogP contribution in [-0.4, -0.2) is 49.7 Å². The summed E-state index contributed by atoms with van der Waals surface area (Å²) in [7, 11) is 3.66. The molecular formula is C15H28N2O2. The molecule has 0 spiro atoms. The number of nitrogens with zero attached hydrogens (tertiary/aromatic N) is 1. The molecule has 2 aliphatic carbocycles. The first-order valence-electron chi connectivity index (χ1n) is 7.58. The molecule has 0 aliphatic heterocycles. The van der Waals surface area contributed by atoms with Gasteiger partial charge in [0.25, 0.3) is 0 Å². The van der Waals surface area contributed by atoms with Gasteiger partial charge in [0.05, 0.1) is 7.11 Å². The van der Waals surface area contributed by atoms with Gasteiger partial charge in [-0.25, -0.2) is 0 Å². The van der Waals surface area contributed by atoms with Gasteiger partial charge in [0.15, 0.2) is 0 Å². The summed E-state index contributed by atoms with van der Waals surface area (Å²) in [6, 6.07) is 0.522. The number of hydrogen-bond acceptors (Lipinski definition) is 4. The van der Waals surface area contributed by atoms with Crippen LogP contribution in [0.25, 0.3) is 0 Å². The fourth-order valence-electron chi connectivity index (χ4n) is 2.67. The molecule has 4 nitrogen and oxygen atoms in total. The van der Waals surface area contributed by atoms with E-state index in [0.717, 1.165) is 25.3 Å². The monoisotopic (exact) mass is 268 g/mol. The highest BCUT2D eigenvalue weighted by Gasteiger charge is 2.38. The van der Waals surface area contributed by atoms with Crippen LogP contribution in [0.15, 0.2) is 0 Å². The lowest BCUT2D eigenvalue weighted by atomic mass is 9.95. The van der Waals surface area contributed by atoms with Crippen LogP contribution in [0.2, 0.25) is 0 Å². The average molecular weight is 268 g/mol. The topological polar surface area (TPSA) is 41.6 Å². The molecule has 2 saturated carbocycles. The molecule has 0 bridgehead atoms. The van der Waals surface area contributed by atoms with Gasteiger partial charge in [0, 0.05) is 12.6 Å². The number of carbonyl (C=O) groups excluding carboxylic acids is 1. The Morgan fingerprint density at radius 3 is 2.58 bits per heavy atom. The highest BCUT2D eigenvalue weighted by Crippen LogP contribution is 2.29. The summed E-state index contributed by atoms with van der Waals surface area (Å²) in [5.74, 6) is 0.811. The fraction of sp³-hybridized carbons (Fsp3) is 0.933. The van der Waals surface area contributed by atoms with Gasteiger partial charge in [-0.1, -0.05) is 0 Å². The molecule has 1 unspecified atom stereocenters. The summed E-state index contributed by atoms with van der Waals surface area (Å²) in [5.41, 5.74) is -0.504. The zero-order valence-electron chi connectivity index (χ0n) is 12.6. The summed E-state index contributed by atoms with van der Waals surface area (Å²) in [5, 5.41) is 3.45. The van der Waals surface area contributed by atoms with Crippen LogP contribution >= 0.6 is 0 Å². The molecule has 2 rings (SSSR count). The third kappa shape index (κ3) is 4.77. The summed E-state index contributed by atoms with van der Waals surface area (Å²) < 4.78 is 4.96. The van der Waals surface area contributed by atoms with Gasteiger partial charge in [0.1, 0.15) is 5.54 Å². The van der Waals surface area contributed by atoms with Crippen molar-refractivity contribution in [3.8, 4) is 0 Å². The number of ether oxygens (including phenoxy) is 1. The van der Waals surface area contributed by atoms with Gasteiger partial charge < -0.3 is 9.64 Å². The molecule has 0 radical (unpaired) electrons. The Balaban J connectivity index is 1.73. The maximum absolute atomic E-state index is 12.0. The van der Waals surface area contributed by atoms with Gasteiger partial charge in [-0.3, -0.25) is 10.1 Å². The standard InChI is InChI=1S/C15H28N2O2/c1-15(14(18)19-3,16-13-7-8-13)9-4-10-17(2)11-12-5-6-12/h12-13,16H,4-11H2,1-3H3. The highest BCUT2D eigenvalue weighted by molar-refractivity contribution is 5.80. The Labute approximate surface area is 116 Å². The number of rotatable bonds is 9. The van der Waals surface area contributed by atoms with Gasteiger partial charge in [-0.05, 0) is 65.0 Å². The minimum absolute atomic E-state index is 0.121. The van der Waals surface area contributed by atoms with Crippen LogP contribution in [0.1, 0.15) is 45.4 Å². The SMILES string of the molecule is COC(=O)C(C)(CCCN(C)CC1CC1)NC1CC1. The minimum atomic E-state index is -0.504. The van der Waals surface area contributed by atoms with Crippen LogP contribution in [0, 0.1) is 5.92 Å². The second-order valence-electron chi connectivity index (χ2n) is 6.55. The first-order chi connectivity index (χ1) is 9.03. The molecule has 4 heteroatoms. The molecule has 110 valence electrons. The number of hydrogen-bond donors (Lipinski definition) is 1. The third-order valence-electron chi connectivity index (χ3n) is 4.22. The van der Waals surface area contributed by atoms with Crippen molar-refractivity contribution in [2.24, 2.45) is 5.92 Å². The van der Waals surface area contributed by atoms with Crippen molar-refractivity contribution >= 4 is 5.97 Å². The first kappa shape index (κ1) is 14.8. The van der Waals surface area contributed by atoms with Crippen LogP contribution in [0.5, 0.6) is 0 Å². The molecular weight excluding hydrogens is 240 g/mol. The average Bonchev–Trinajstić information content (AvgIpc) is 3.24. The molecule has 0 aromatic carbocycles. The van der Waals surface area contributed by atoms with Gasteiger partial charge >= 0.3 is 5.97 Å². The van der Waals surface area contributed by atoms with E-state index in [1.54, 1.807) is 0 Å². The lowest BCUT2D eigenvalue weighted by Gasteiger charge is -2.29. The summed E-state index contributed by atoms with van der Waals surface area (Å²) in [6.07, 6.45) is 7.06. The van der Waals surface area contributed by atoms with Crippen molar-refractivity contribution in [3.63, 3.8) is 0 Å². The fourth-order valence-corrected chi connectivity index (χ4v) is 2.67. The molecule has 0 aromatic heterocycles. The number of esters is 1. The number of carbonyl (C=O) groups is 1. The highest BCUT2D eigenvalue weighted by atomic mass is 16.5. The smallest absolute Gasteiger partial charge is 0.325 e. The summed E-state index contributed by atoms with van der Waals surface area (Å²) in [4.78, 5) is 14.4. The van der Waals surface area contributed by atoms with E-state index in [9.17, 15) is 4.79 Å². The van der Waals surface area contributed by atoms with E-state index in [1.165, 1.54) is 39.3 Å². The Morgan fingerprint density at radius 1 is 1.37 bits per heavy atom. The van der Waals surface area contributed by atoms with E-state index in [2.05, 4.69) is 17.3 Å². The minimum Gasteiger partial charge on any atom is -0.468 e. The van der Waals surface area contributed by atoms with Crippen LogP contribution < -0.4 is 5.32 Å². The van der Waals surface area contributed by atoms with E-state index in [0.29, 0.717) is 6.04 Å². The molecule has 1 atom stereocenters. The van der Waals surface area contributed by atoms with Crippen molar-refractivity contribution in [1.29, 1.82) is 0 Å². The van der Waals surface area contributed by atoms with E-state index < -0.39 is 5.54 Å². The lowest BCUT2D eigenvalue weighted by Crippen LogP contribution is -2.51. The predicted octanol–water partition coefficient (Wildman–Crippen LogP) is 1.79. The Kier molecular flexibility index (Phi) is 4.85. The molecule has 2 aliphatic rings. The van der Waals surface area contributed by atoms with Gasteiger partial charge in [0.2, 0.25) is 0 Å². The Hall–Kier alpha value is -0.610. The van der Waals surface area contributed by atoms with Crippen molar-refractivity contribution in [3.05, 3.63) is 0 Å². The molecule has 0 aromatic rings. The van der Waals surface area contributed by atoms with Gasteiger partial charge in [-0.2, -0.15) is 0 Å². The van der Waals surface area contributed by atoms with Crippen LogP contribution in [0.3, 0.4) is 0 Å². The second kappa shape index (κ2) is 6.23. The zero-order chi connectivity index (χ0) is 13.9. The predicted molar refractivity (Wildman–Crippen MR) is 76.0 cm³/mol.